The Kier molecular flexibility index (Phi) is 7.54. The Balaban J connectivity index is 1.76. The van der Waals surface area contributed by atoms with E-state index in [9.17, 15) is 31.5 Å². The molecule has 0 heterocycles. The lowest BCUT2D eigenvalue weighted by atomic mass is 10.1. The first-order valence-electron chi connectivity index (χ1n) is 9.76. The van der Waals surface area contributed by atoms with Gasteiger partial charge in [0.2, 0.25) is 16.1 Å². The summed E-state index contributed by atoms with van der Waals surface area (Å²) in [5.74, 6) is -1.38. The fraction of sp³-hybridized carbons (Fsp3) is 0.174. The molecule has 1 atom stereocenters. The molecule has 0 amide bonds. The van der Waals surface area contributed by atoms with E-state index in [4.69, 9.17) is 16.3 Å². The molecule has 0 aliphatic heterocycles. The van der Waals surface area contributed by atoms with Crippen LogP contribution in [0.5, 0.6) is 5.75 Å². The van der Waals surface area contributed by atoms with E-state index in [2.05, 4.69) is 0 Å². The summed E-state index contributed by atoms with van der Waals surface area (Å²) in [6.07, 6.45) is -6.30. The predicted octanol–water partition coefficient (Wildman–Crippen LogP) is 5.38. The molecule has 6 nitrogen and oxygen atoms in total. The highest BCUT2D eigenvalue weighted by atomic mass is 35.5. The van der Waals surface area contributed by atoms with Crippen molar-refractivity contribution in [3.63, 3.8) is 0 Å². The van der Waals surface area contributed by atoms with E-state index >= 15 is 0 Å². The van der Waals surface area contributed by atoms with Crippen molar-refractivity contribution in [2.24, 2.45) is 0 Å². The number of rotatable bonds is 8. The normalized spacial score (nSPS) is 13.0. The van der Waals surface area contributed by atoms with Crippen molar-refractivity contribution >= 4 is 27.6 Å². The largest absolute Gasteiger partial charge is 0.478 e. The lowest BCUT2D eigenvalue weighted by Crippen LogP contribution is -2.26. The van der Waals surface area contributed by atoms with Gasteiger partial charge in [-0.1, -0.05) is 48.0 Å². The Labute approximate surface area is 199 Å². The van der Waals surface area contributed by atoms with Crippen LogP contribution in [-0.4, -0.2) is 30.8 Å². The summed E-state index contributed by atoms with van der Waals surface area (Å²) in [5.41, 5.74) is -0.591. The van der Waals surface area contributed by atoms with Crippen LogP contribution in [0.3, 0.4) is 0 Å². The van der Waals surface area contributed by atoms with Gasteiger partial charge in [-0.05, 0) is 42.0 Å². The van der Waals surface area contributed by atoms with Crippen molar-refractivity contribution in [1.29, 1.82) is 0 Å². The maximum Gasteiger partial charge on any atom is 0.416 e. The Morgan fingerprint density at radius 1 is 1.06 bits per heavy atom. The third-order valence-corrected chi connectivity index (χ3v) is 7.15. The molecule has 180 valence electrons. The number of alkyl halides is 3. The van der Waals surface area contributed by atoms with E-state index < -0.39 is 33.8 Å². The van der Waals surface area contributed by atoms with Crippen LogP contribution in [0, 0.1) is 0 Å². The minimum absolute atomic E-state index is 0.0101. The summed E-state index contributed by atoms with van der Waals surface area (Å²) in [4.78, 5) is 11.6. The highest BCUT2D eigenvalue weighted by molar-refractivity contribution is 7.89. The fourth-order valence-electron chi connectivity index (χ4n) is 3.11. The summed E-state index contributed by atoms with van der Waals surface area (Å²) in [5, 5.41) is 9.58. The minimum Gasteiger partial charge on any atom is -0.478 e. The number of aliphatic carboxylic acids is 1. The Bertz CT molecular complexity index is 1280. The Hall–Kier alpha value is -3.08. The van der Waals surface area contributed by atoms with E-state index in [0.29, 0.717) is 5.56 Å². The molecular formula is C23H19ClF3NO5S. The molecular weight excluding hydrogens is 495 g/mol. The molecule has 0 aromatic heterocycles. The molecule has 1 unspecified atom stereocenters. The molecule has 0 saturated heterocycles. The summed E-state index contributed by atoms with van der Waals surface area (Å²) in [7, 11) is -2.47. The molecule has 0 radical (unpaired) electrons. The number of nitrogens with zero attached hydrogens (tertiary/aromatic N) is 1. The molecule has 0 spiro atoms. The molecule has 1 N–H and O–H groups in total. The van der Waals surface area contributed by atoms with Gasteiger partial charge in [-0.2, -0.15) is 17.5 Å². The van der Waals surface area contributed by atoms with Gasteiger partial charge in [-0.25, -0.2) is 13.2 Å². The monoisotopic (exact) mass is 513 g/mol. The van der Waals surface area contributed by atoms with Crippen LogP contribution in [-0.2, 0) is 27.5 Å². The van der Waals surface area contributed by atoms with E-state index in [1.165, 1.54) is 49.5 Å². The third kappa shape index (κ3) is 5.88. The lowest BCUT2D eigenvalue weighted by Gasteiger charge is -2.19. The smallest absolute Gasteiger partial charge is 0.416 e. The molecule has 3 rings (SSSR count). The number of hydrogen-bond acceptors (Lipinski definition) is 4. The third-order valence-electron chi connectivity index (χ3n) is 4.85. The highest BCUT2D eigenvalue weighted by Crippen LogP contribution is 2.32. The molecule has 0 aliphatic rings. The van der Waals surface area contributed by atoms with Crippen molar-refractivity contribution in [2.75, 3.05) is 7.05 Å². The van der Waals surface area contributed by atoms with Gasteiger partial charge >= 0.3 is 12.1 Å². The van der Waals surface area contributed by atoms with Gasteiger partial charge in [0.15, 0.2) is 0 Å². The van der Waals surface area contributed by atoms with Crippen LogP contribution in [0.4, 0.5) is 13.2 Å². The number of hydrogen-bond donors (Lipinski definition) is 1. The van der Waals surface area contributed by atoms with E-state index in [1.54, 1.807) is 12.1 Å². The first kappa shape index (κ1) is 25.5. The standard InChI is InChI=1S/C23H19ClF3NO5S/c1-28(34(31,32)20-8-3-2-7-19(20)24)14-15-9-11-18(12-10-15)33-21(22(29)30)16-5-4-6-17(13-16)23(25,26)27/h2-13,21H,14H2,1H3,(H,29,30). The van der Waals surface area contributed by atoms with Gasteiger partial charge in [0.1, 0.15) is 10.6 Å². The topological polar surface area (TPSA) is 83.9 Å². The van der Waals surface area contributed by atoms with Crippen LogP contribution in [0.25, 0.3) is 0 Å². The van der Waals surface area contributed by atoms with Crippen molar-refractivity contribution in [3.8, 4) is 5.75 Å². The minimum atomic E-state index is -4.63. The average Bonchev–Trinajstić information content (AvgIpc) is 2.78. The molecule has 11 heteroatoms. The van der Waals surface area contributed by atoms with Crippen LogP contribution in [0.15, 0.2) is 77.7 Å². The first-order chi connectivity index (χ1) is 15.9. The number of ether oxygens (including phenoxy) is 1. The second-order valence-corrected chi connectivity index (χ2v) is 9.72. The van der Waals surface area contributed by atoms with Gasteiger partial charge in [0, 0.05) is 19.2 Å². The van der Waals surface area contributed by atoms with Crippen LogP contribution in [0.1, 0.15) is 22.8 Å². The van der Waals surface area contributed by atoms with Crippen molar-refractivity contribution in [3.05, 3.63) is 94.5 Å². The van der Waals surface area contributed by atoms with Crippen LogP contribution >= 0.6 is 11.6 Å². The summed E-state index contributed by atoms with van der Waals surface area (Å²) in [6, 6.07) is 15.8. The van der Waals surface area contributed by atoms with Gasteiger partial charge in [-0.15, -0.1) is 0 Å². The highest BCUT2D eigenvalue weighted by Gasteiger charge is 2.32. The molecule has 3 aromatic rings. The lowest BCUT2D eigenvalue weighted by molar-refractivity contribution is -0.146. The summed E-state index contributed by atoms with van der Waals surface area (Å²) >= 11 is 6.00. The van der Waals surface area contributed by atoms with E-state index in [1.807, 2.05) is 0 Å². The zero-order valence-corrected chi connectivity index (χ0v) is 19.2. The van der Waals surface area contributed by atoms with Gasteiger partial charge in [0.25, 0.3) is 0 Å². The second kappa shape index (κ2) is 10.0. The number of sulfonamides is 1. The van der Waals surface area contributed by atoms with Crippen molar-refractivity contribution in [2.45, 2.75) is 23.7 Å². The Morgan fingerprint density at radius 2 is 1.71 bits per heavy atom. The summed E-state index contributed by atoms with van der Waals surface area (Å²) < 4.78 is 71.0. The van der Waals surface area contributed by atoms with Crippen molar-refractivity contribution < 1.29 is 36.2 Å². The zero-order chi connectivity index (χ0) is 25.1. The van der Waals surface area contributed by atoms with E-state index in [0.717, 1.165) is 22.5 Å². The number of carbonyl (C=O) groups is 1. The maximum absolute atomic E-state index is 13.0. The molecule has 0 bridgehead atoms. The number of halogens is 4. The molecule has 0 aliphatic carbocycles. The fourth-order valence-corrected chi connectivity index (χ4v) is 4.76. The van der Waals surface area contributed by atoms with Crippen LogP contribution in [0.2, 0.25) is 5.02 Å². The van der Waals surface area contributed by atoms with Crippen LogP contribution < -0.4 is 4.74 Å². The second-order valence-electron chi connectivity index (χ2n) is 7.29. The Morgan fingerprint density at radius 3 is 2.29 bits per heavy atom. The van der Waals surface area contributed by atoms with Gasteiger partial charge in [0.05, 0.1) is 10.6 Å². The number of benzene rings is 3. The average molecular weight is 514 g/mol. The number of carboxylic acids is 1. The molecule has 3 aromatic carbocycles. The van der Waals surface area contributed by atoms with Gasteiger partial charge < -0.3 is 9.84 Å². The van der Waals surface area contributed by atoms with E-state index in [-0.39, 0.29) is 27.8 Å². The first-order valence-corrected chi connectivity index (χ1v) is 11.6. The summed E-state index contributed by atoms with van der Waals surface area (Å²) in [6.45, 7) is -0.0101. The SMILES string of the molecule is CN(Cc1ccc(OC(C(=O)O)c2cccc(C(F)(F)F)c2)cc1)S(=O)(=O)c1ccccc1Cl. The molecule has 0 saturated carbocycles. The zero-order valence-electron chi connectivity index (χ0n) is 17.7. The van der Waals surface area contributed by atoms with Gasteiger partial charge in [-0.3, -0.25) is 0 Å². The quantitative estimate of drug-likeness (QED) is 0.437. The molecule has 0 fully saturated rings. The predicted molar refractivity (Wildman–Crippen MR) is 119 cm³/mol. The van der Waals surface area contributed by atoms with Crippen molar-refractivity contribution in [1.82, 2.24) is 4.31 Å². The number of carboxylic acid groups (broad SMARTS) is 1. The maximum atomic E-state index is 13.0. The molecule has 34 heavy (non-hydrogen) atoms.